The average molecular weight is 419 g/mol. The first-order chi connectivity index (χ1) is 12.1. The highest BCUT2D eigenvalue weighted by Gasteiger charge is 2.11. The topological polar surface area (TPSA) is 90.5 Å². The third kappa shape index (κ3) is 4.06. The number of nitro benzene ring substituents is 1. The van der Waals surface area contributed by atoms with E-state index >= 15 is 0 Å². The highest BCUT2D eigenvalue weighted by molar-refractivity contribution is 9.10. The summed E-state index contributed by atoms with van der Waals surface area (Å²) in [6.45, 7) is 0. The molecule has 1 heterocycles. The number of halogens is 1. The highest BCUT2D eigenvalue weighted by Crippen LogP contribution is 2.30. The fraction of sp³-hybridized carbons (Fsp3) is 0.0625. The van der Waals surface area contributed by atoms with E-state index in [-0.39, 0.29) is 5.69 Å². The molecule has 0 radical (unpaired) electrons. The SMILES string of the molecule is COc1ccc(Br)cc1C=Nc1nnc(-c2cccc([N+](=O)[O-])c2)s1. The Bertz CT molecular complexity index is 958. The molecular weight excluding hydrogens is 408 g/mol. The van der Waals surface area contributed by atoms with E-state index in [2.05, 4.69) is 31.1 Å². The van der Waals surface area contributed by atoms with Gasteiger partial charge >= 0.3 is 0 Å². The molecule has 0 unspecified atom stereocenters. The number of nitrogens with zero attached hydrogens (tertiary/aromatic N) is 4. The molecule has 0 saturated carbocycles. The molecule has 0 aliphatic rings. The third-order valence-corrected chi connectivity index (χ3v) is 4.60. The minimum absolute atomic E-state index is 0.0108. The molecule has 0 fully saturated rings. The fourth-order valence-corrected chi connectivity index (χ4v) is 3.13. The third-order valence-electron chi connectivity index (χ3n) is 3.22. The van der Waals surface area contributed by atoms with Crippen LogP contribution in [-0.4, -0.2) is 28.4 Å². The zero-order valence-corrected chi connectivity index (χ0v) is 15.3. The van der Waals surface area contributed by atoms with Crippen LogP contribution in [0.1, 0.15) is 5.56 Å². The van der Waals surface area contributed by atoms with Crippen LogP contribution in [0.15, 0.2) is 51.9 Å². The second-order valence-electron chi connectivity index (χ2n) is 4.84. The number of rotatable bonds is 5. The monoisotopic (exact) mass is 418 g/mol. The number of hydrogen-bond donors (Lipinski definition) is 0. The second kappa shape index (κ2) is 7.49. The van der Waals surface area contributed by atoms with Crippen LogP contribution in [-0.2, 0) is 0 Å². The lowest BCUT2D eigenvalue weighted by Crippen LogP contribution is -1.90. The number of hydrogen-bond acceptors (Lipinski definition) is 7. The van der Waals surface area contributed by atoms with Crippen LogP contribution < -0.4 is 4.74 Å². The molecule has 126 valence electrons. The van der Waals surface area contributed by atoms with Crippen molar-refractivity contribution in [2.45, 2.75) is 0 Å². The summed E-state index contributed by atoms with van der Waals surface area (Å²) in [4.78, 5) is 14.7. The van der Waals surface area contributed by atoms with Crippen LogP contribution >= 0.6 is 27.3 Å². The Morgan fingerprint density at radius 1 is 1.28 bits per heavy atom. The van der Waals surface area contributed by atoms with Gasteiger partial charge < -0.3 is 4.74 Å². The van der Waals surface area contributed by atoms with Gasteiger partial charge in [0, 0.05) is 33.9 Å². The van der Waals surface area contributed by atoms with Crippen LogP contribution in [0.4, 0.5) is 10.8 Å². The van der Waals surface area contributed by atoms with Gasteiger partial charge in [-0.05, 0) is 18.2 Å². The van der Waals surface area contributed by atoms with Crippen LogP contribution in [0, 0.1) is 10.1 Å². The van der Waals surface area contributed by atoms with Gasteiger partial charge in [-0.25, -0.2) is 4.99 Å². The van der Waals surface area contributed by atoms with Gasteiger partial charge in [-0.1, -0.05) is 39.4 Å². The largest absolute Gasteiger partial charge is 0.496 e. The Morgan fingerprint density at radius 3 is 2.88 bits per heavy atom. The Kier molecular flexibility index (Phi) is 5.15. The average Bonchev–Trinajstić information content (AvgIpc) is 3.09. The zero-order chi connectivity index (χ0) is 17.8. The molecule has 9 heteroatoms. The summed E-state index contributed by atoms with van der Waals surface area (Å²) < 4.78 is 6.20. The first kappa shape index (κ1) is 17.2. The molecule has 3 rings (SSSR count). The normalized spacial score (nSPS) is 11.0. The minimum Gasteiger partial charge on any atom is -0.496 e. The smallest absolute Gasteiger partial charge is 0.270 e. The number of nitro groups is 1. The molecule has 0 amide bonds. The van der Waals surface area contributed by atoms with Gasteiger partial charge in [0.25, 0.3) is 5.69 Å². The number of methoxy groups -OCH3 is 1. The van der Waals surface area contributed by atoms with Gasteiger partial charge in [-0.2, -0.15) is 0 Å². The van der Waals surface area contributed by atoms with Crippen molar-refractivity contribution in [1.82, 2.24) is 10.2 Å². The van der Waals surface area contributed by atoms with E-state index < -0.39 is 4.92 Å². The van der Waals surface area contributed by atoms with Crippen molar-refractivity contribution in [2.24, 2.45) is 4.99 Å². The number of aromatic nitrogens is 2. The van der Waals surface area contributed by atoms with Crippen molar-refractivity contribution in [2.75, 3.05) is 7.11 Å². The zero-order valence-electron chi connectivity index (χ0n) is 12.9. The highest BCUT2D eigenvalue weighted by atomic mass is 79.9. The fourth-order valence-electron chi connectivity index (χ4n) is 2.07. The Labute approximate surface area is 155 Å². The van der Waals surface area contributed by atoms with Crippen molar-refractivity contribution in [3.63, 3.8) is 0 Å². The summed E-state index contributed by atoms with van der Waals surface area (Å²) >= 11 is 4.66. The van der Waals surface area contributed by atoms with Crippen LogP contribution in [0.25, 0.3) is 10.6 Å². The van der Waals surface area contributed by atoms with Crippen molar-refractivity contribution in [1.29, 1.82) is 0 Å². The van der Waals surface area contributed by atoms with E-state index in [1.54, 1.807) is 25.5 Å². The lowest BCUT2D eigenvalue weighted by Gasteiger charge is -2.03. The summed E-state index contributed by atoms with van der Waals surface area (Å²) in [6.07, 6.45) is 1.64. The Hall–Kier alpha value is -2.65. The molecule has 1 aromatic heterocycles. The molecule has 25 heavy (non-hydrogen) atoms. The van der Waals surface area contributed by atoms with Crippen LogP contribution in [0.2, 0.25) is 0 Å². The summed E-state index contributed by atoms with van der Waals surface area (Å²) in [5.41, 5.74) is 1.44. The number of benzene rings is 2. The van der Waals surface area contributed by atoms with E-state index in [9.17, 15) is 10.1 Å². The minimum atomic E-state index is -0.441. The maximum Gasteiger partial charge on any atom is 0.270 e. The van der Waals surface area contributed by atoms with E-state index in [1.807, 2.05) is 18.2 Å². The lowest BCUT2D eigenvalue weighted by atomic mass is 10.2. The van der Waals surface area contributed by atoms with Gasteiger partial charge in [-0.15, -0.1) is 10.2 Å². The maximum atomic E-state index is 10.9. The summed E-state index contributed by atoms with van der Waals surface area (Å²) in [6, 6.07) is 11.9. The Morgan fingerprint density at radius 2 is 2.12 bits per heavy atom. The summed E-state index contributed by atoms with van der Waals surface area (Å²) in [5.74, 6) is 0.690. The second-order valence-corrected chi connectivity index (χ2v) is 6.71. The van der Waals surface area contributed by atoms with Crippen molar-refractivity contribution < 1.29 is 9.66 Å². The van der Waals surface area contributed by atoms with Crippen molar-refractivity contribution in [3.8, 4) is 16.3 Å². The van der Waals surface area contributed by atoms with Crippen LogP contribution in [0.5, 0.6) is 5.75 Å². The molecule has 0 bridgehead atoms. The van der Waals surface area contributed by atoms with E-state index in [4.69, 9.17) is 4.74 Å². The predicted molar refractivity (Wildman–Crippen MR) is 99.9 cm³/mol. The summed E-state index contributed by atoms with van der Waals surface area (Å²) in [5, 5.41) is 19.9. The molecule has 0 saturated heterocycles. The predicted octanol–water partition coefficient (Wildman–Crippen LogP) is 4.64. The Balaban J connectivity index is 1.86. The van der Waals surface area contributed by atoms with E-state index in [0.717, 1.165) is 10.0 Å². The molecular formula is C16H11BrN4O3S. The molecule has 0 atom stereocenters. The van der Waals surface area contributed by atoms with Crippen LogP contribution in [0.3, 0.4) is 0 Å². The molecule has 0 N–H and O–H groups in total. The number of ether oxygens (including phenoxy) is 1. The molecule has 2 aromatic carbocycles. The van der Waals surface area contributed by atoms with Crippen molar-refractivity contribution >= 4 is 44.3 Å². The molecule has 0 aliphatic heterocycles. The maximum absolute atomic E-state index is 10.9. The molecule has 7 nitrogen and oxygen atoms in total. The number of non-ortho nitro benzene ring substituents is 1. The molecule has 0 aliphatic carbocycles. The first-order valence-electron chi connectivity index (χ1n) is 7.03. The standard InChI is InChI=1S/C16H11BrN4O3S/c1-24-14-6-5-12(17)7-11(14)9-18-16-20-19-15(25-16)10-3-2-4-13(8-10)21(22)23/h2-9H,1H3. The molecule has 0 spiro atoms. The van der Waals surface area contributed by atoms with Gasteiger partial charge in [-0.3, -0.25) is 10.1 Å². The molecule has 3 aromatic rings. The number of aliphatic imine (C=N–C) groups is 1. The van der Waals surface area contributed by atoms with E-state index in [1.165, 1.54) is 23.5 Å². The van der Waals surface area contributed by atoms with Crippen molar-refractivity contribution in [3.05, 3.63) is 62.6 Å². The lowest BCUT2D eigenvalue weighted by molar-refractivity contribution is -0.384. The quantitative estimate of drug-likeness (QED) is 0.342. The van der Waals surface area contributed by atoms with Gasteiger partial charge in [0.1, 0.15) is 10.8 Å². The van der Waals surface area contributed by atoms with Gasteiger partial charge in [0.05, 0.1) is 12.0 Å². The summed E-state index contributed by atoms with van der Waals surface area (Å²) in [7, 11) is 1.59. The first-order valence-corrected chi connectivity index (χ1v) is 8.63. The van der Waals surface area contributed by atoms with Gasteiger partial charge in [0.2, 0.25) is 5.13 Å². The van der Waals surface area contributed by atoms with E-state index in [0.29, 0.717) is 21.5 Å². The van der Waals surface area contributed by atoms with Gasteiger partial charge in [0.15, 0.2) is 0 Å².